The molecular weight excluding hydrogens is 208 g/mol. The fraction of sp³-hybridized carbons (Fsp3) is 0.167. The van der Waals surface area contributed by atoms with Gasteiger partial charge in [-0.3, -0.25) is 4.79 Å². The SMILES string of the molecule is C=Cc1cc(C(=O)CO)ccc1C(=O)OC. The lowest BCUT2D eigenvalue weighted by molar-refractivity contribution is 0.0600. The molecule has 1 aromatic carbocycles. The number of carbonyl (C=O) groups is 2. The molecule has 0 heterocycles. The van der Waals surface area contributed by atoms with Crippen molar-refractivity contribution in [1.29, 1.82) is 0 Å². The minimum Gasteiger partial charge on any atom is -0.465 e. The van der Waals surface area contributed by atoms with Gasteiger partial charge in [-0.1, -0.05) is 18.7 Å². The summed E-state index contributed by atoms with van der Waals surface area (Å²) in [6.45, 7) is 2.99. The van der Waals surface area contributed by atoms with E-state index in [1.54, 1.807) is 0 Å². The number of esters is 1. The van der Waals surface area contributed by atoms with Crippen LogP contribution in [0.15, 0.2) is 24.8 Å². The molecule has 0 aliphatic heterocycles. The Kier molecular flexibility index (Phi) is 3.96. The quantitative estimate of drug-likeness (QED) is 0.613. The zero-order chi connectivity index (χ0) is 12.1. The van der Waals surface area contributed by atoms with Crippen molar-refractivity contribution in [1.82, 2.24) is 0 Å². The number of methoxy groups -OCH3 is 1. The molecule has 0 fully saturated rings. The number of hydrogen-bond donors (Lipinski definition) is 1. The molecule has 4 heteroatoms. The van der Waals surface area contributed by atoms with Gasteiger partial charge in [0.05, 0.1) is 12.7 Å². The lowest BCUT2D eigenvalue weighted by atomic mass is 10.0. The normalized spacial score (nSPS) is 9.62. The van der Waals surface area contributed by atoms with Crippen molar-refractivity contribution in [3.8, 4) is 0 Å². The maximum absolute atomic E-state index is 11.3. The highest BCUT2D eigenvalue weighted by Gasteiger charge is 2.12. The van der Waals surface area contributed by atoms with Crippen LogP contribution in [0, 0.1) is 0 Å². The molecule has 0 aliphatic carbocycles. The molecule has 0 radical (unpaired) electrons. The first-order chi connectivity index (χ1) is 7.63. The number of ketones is 1. The Hall–Kier alpha value is -1.94. The largest absolute Gasteiger partial charge is 0.465 e. The van der Waals surface area contributed by atoms with Crippen molar-refractivity contribution in [3.05, 3.63) is 41.5 Å². The Labute approximate surface area is 93.2 Å². The van der Waals surface area contributed by atoms with Gasteiger partial charge in [-0.05, 0) is 17.7 Å². The maximum atomic E-state index is 11.3. The summed E-state index contributed by atoms with van der Waals surface area (Å²) in [4.78, 5) is 22.6. The van der Waals surface area contributed by atoms with Gasteiger partial charge in [0.2, 0.25) is 0 Å². The predicted octanol–water partition coefficient (Wildman–Crippen LogP) is 1.29. The zero-order valence-electron chi connectivity index (χ0n) is 8.90. The minimum atomic E-state index is -0.561. The summed E-state index contributed by atoms with van der Waals surface area (Å²) in [5, 5.41) is 8.71. The van der Waals surface area contributed by atoms with Crippen LogP contribution in [0.2, 0.25) is 0 Å². The molecule has 1 rings (SSSR count). The summed E-state index contributed by atoms with van der Waals surface area (Å²) in [6, 6.07) is 4.45. The van der Waals surface area contributed by atoms with Crippen molar-refractivity contribution < 1.29 is 19.4 Å². The number of benzene rings is 1. The third-order valence-electron chi connectivity index (χ3n) is 2.14. The molecule has 1 aromatic rings. The molecular formula is C12H12O4. The zero-order valence-corrected chi connectivity index (χ0v) is 8.90. The summed E-state index contributed by atoms with van der Waals surface area (Å²) < 4.78 is 4.58. The maximum Gasteiger partial charge on any atom is 0.338 e. The first-order valence-corrected chi connectivity index (χ1v) is 4.63. The Morgan fingerprint density at radius 2 is 2.19 bits per heavy atom. The Morgan fingerprint density at radius 3 is 2.69 bits per heavy atom. The average Bonchev–Trinajstić information content (AvgIpc) is 2.35. The molecule has 16 heavy (non-hydrogen) atoms. The second kappa shape index (κ2) is 5.23. The molecule has 0 aliphatic rings. The second-order valence-corrected chi connectivity index (χ2v) is 3.08. The van der Waals surface area contributed by atoms with Gasteiger partial charge in [0.15, 0.2) is 5.78 Å². The highest BCUT2D eigenvalue weighted by molar-refractivity contribution is 6.00. The van der Waals surface area contributed by atoms with E-state index < -0.39 is 18.4 Å². The van der Waals surface area contributed by atoms with Crippen LogP contribution >= 0.6 is 0 Å². The lowest BCUT2D eigenvalue weighted by Crippen LogP contribution is -2.08. The Bertz CT molecular complexity index is 435. The highest BCUT2D eigenvalue weighted by Crippen LogP contribution is 2.15. The molecule has 0 bridgehead atoms. The van der Waals surface area contributed by atoms with Gasteiger partial charge < -0.3 is 9.84 Å². The Morgan fingerprint density at radius 1 is 1.50 bits per heavy atom. The minimum absolute atomic E-state index is 0.338. The summed E-state index contributed by atoms with van der Waals surface area (Å²) >= 11 is 0. The van der Waals surface area contributed by atoms with Crippen LogP contribution in [-0.4, -0.2) is 30.6 Å². The van der Waals surface area contributed by atoms with Crippen LogP contribution in [-0.2, 0) is 4.74 Å². The van der Waals surface area contributed by atoms with Crippen LogP contribution in [0.25, 0.3) is 6.08 Å². The third kappa shape index (κ3) is 2.35. The predicted molar refractivity (Wildman–Crippen MR) is 59.3 cm³/mol. The highest BCUT2D eigenvalue weighted by atomic mass is 16.5. The van der Waals surface area contributed by atoms with Gasteiger partial charge >= 0.3 is 5.97 Å². The number of aliphatic hydroxyl groups is 1. The van der Waals surface area contributed by atoms with Crippen LogP contribution in [0.4, 0.5) is 0 Å². The van der Waals surface area contributed by atoms with E-state index in [0.29, 0.717) is 16.7 Å². The monoisotopic (exact) mass is 220 g/mol. The van der Waals surface area contributed by atoms with E-state index in [9.17, 15) is 9.59 Å². The summed E-state index contributed by atoms with van der Waals surface area (Å²) in [5.74, 6) is -0.891. The standard InChI is InChI=1S/C12H12O4/c1-3-8-6-9(11(14)7-13)4-5-10(8)12(15)16-2/h3-6,13H,1,7H2,2H3. The second-order valence-electron chi connectivity index (χ2n) is 3.08. The summed E-state index contributed by atoms with van der Waals surface area (Å²) in [6.07, 6.45) is 1.46. The van der Waals surface area contributed by atoms with E-state index in [-0.39, 0.29) is 0 Å². The number of Topliss-reactive ketones (excluding diaryl/α,β-unsaturated/α-hetero) is 1. The topological polar surface area (TPSA) is 63.6 Å². The van der Waals surface area contributed by atoms with Gasteiger partial charge in [0.1, 0.15) is 6.61 Å². The average molecular weight is 220 g/mol. The third-order valence-corrected chi connectivity index (χ3v) is 2.14. The number of aliphatic hydroxyl groups excluding tert-OH is 1. The molecule has 84 valence electrons. The van der Waals surface area contributed by atoms with E-state index in [0.717, 1.165) is 0 Å². The smallest absolute Gasteiger partial charge is 0.338 e. The summed E-state index contributed by atoms with van der Waals surface area (Å²) in [5.41, 5.74) is 1.18. The van der Waals surface area contributed by atoms with Crippen molar-refractivity contribution >= 4 is 17.8 Å². The molecule has 0 saturated carbocycles. The number of ether oxygens (including phenoxy) is 1. The number of carbonyl (C=O) groups excluding carboxylic acids is 2. The van der Waals surface area contributed by atoms with Crippen LogP contribution in [0.5, 0.6) is 0 Å². The van der Waals surface area contributed by atoms with Gasteiger partial charge in [-0.2, -0.15) is 0 Å². The van der Waals surface area contributed by atoms with Gasteiger partial charge in [0, 0.05) is 5.56 Å². The van der Waals surface area contributed by atoms with Crippen LogP contribution in [0.1, 0.15) is 26.3 Å². The van der Waals surface area contributed by atoms with Gasteiger partial charge in [-0.25, -0.2) is 4.79 Å². The summed E-state index contributed by atoms with van der Waals surface area (Å²) in [7, 11) is 1.28. The molecule has 0 atom stereocenters. The van der Waals surface area contributed by atoms with Crippen LogP contribution < -0.4 is 0 Å². The molecule has 0 spiro atoms. The van der Waals surface area contributed by atoms with Crippen molar-refractivity contribution in [2.24, 2.45) is 0 Å². The molecule has 0 saturated heterocycles. The van der Waals surface area contributed by atoms with Crippen LogP contribution in [0.3, 0.4) is 0 Å². The van der Waals surface area contributed by atoms with E-state index in [4.69, 9.17) is 5.11 Å². The van der Waals surface area contributed by atoms with E-state index in [1.165, 1.54) is 31.4 Å². The fourth-order valence-corrected chi connectivity index (χ4v) is 1.29. The van der Waals surface area contributed by atoms with E-state index >= 15 is 0 Å². The van der Waals surface area contributed by atoms with E-state index in [1.807, 2.05) is 0 Å². The lowest BCUT2D eigenvalue weighted by Gasteiger charge is -2.05. The molecule has 0 unspecified atom stereocenters. The van der Waals surface area contributed by atoms with Gasteiger partial charge in [0.25, 0.3) is 0 Å². The molecule has 0 amide bonds. The first-order valence-electron chi connectivity index (χ1n) is 4.63. The van der Waals surface area contributed by atoms with Crippen molar-refractivity contribution in [2.75, 3.05) is 13.7 Å². The first kappa shape index (κ1) is 12.1. The molecule has 1 N–H and O–H groups in total. The number of hydrogen-bond acceptors (Lipinski definition) is 4. The molecule has 0 aromatic heterocycles. The van der Waals surface area contributed by atoms with Crippen molar-refractivity contribution in [2.45, 2.75) is 0 Å². The van der Waals surface area contributed by atoms with E-state index in [2.05, 4.69) is 11.3 Å². The van der Waals surface area contributed by atoms with Crippen molar-refractivity contribution in [3.63, 3.8) is 0 Å². The Balaban J connectivity index is 3.21. The molecule has 4 nitrogen and oxygen atoms in total. The number of rotatable bonds is 4. The fourth-order valence-electron chi connectivity index (χ4n) is 1.29. The van der Waals surface area contributed by atoms with Gasteiger partial charge in [-0.15, -0.1) is 0 Å².